The molecule has 0 unspecified atom stereocenters. The molecule has 7 nitrogen and oxygen atoms in total. The van der Waals surface area contributed by atoms with Crippen molar-refractivity contribution >= 4 is 17.7 Å². The third-order valence-corrected chi connectivity index (χ3v) is 6.73. The fourth-order valence-electron chi connectivity index (χ4n) is 4.07. The Labute approximate surface area is 202 Å². The Morgan fingerprint density at radius 1 is 1.00 bits per heavy atom. The Kier molecular flexibility index (Phi) is 6.95. The van der Waals surface area contributed by atoms with E-state index in [1.54, 1.807) is 12.5 Å². The highest BCUT2D eigenvalue weighted by Gasteiger charge is 2.23. The summed E-state index contributed by atoms with van der Waals surface area (Å²) in [6.07, 6.45) is 9.62. The molecule has 0 fully saturated rings. The predicted octanol–water partition coefficient (Wildman–Crippen LogP) is 5.76. The molecule has 8 heteroatoms. The lowest BCUT2D eigenvalue weighted by atomic mass is 10.0. The number of hydrogen-bond donors (Lipinski definition) is 0. The van der Waals surface area contributed by atoms with Gasteiger partial charge in [-0.15, -0.1) is 10.2 Å². The minimum atomic E-state index is 0.0309. The molecule has 0 atom stereocenters. The van der Waals surface area contributed by atoms with E-state index in [4.69, 9.17) is 8.83 Å². The molecule has 0 bridgehead atoms. The van der Waals surface area contributed by atoms with Crippen molar-refractivity contribution in [2.75, 3.05) is 5.75 Å². The van der Waals surface area contributed by atoms with Gasteiger partial charge in [0, 0.05) is 5.70 Å². The summed E-state index contributed by atoms with van der Waals surface area (Å²) in [6, 6.07) is 17.6. The molecule has 1 aromatic carbocycles. The topological polar surface area (TPSA) is 77.3 Å². The van der Waals surface area contributed by atoms with Crippen LogP contribution in [0.2, 0.25) is 0 Å². The van der Waals surface area contributed by atoms with Gasteiger partial charge < -0.3 is 13.7 Å². The maximum Gasteiger partial charge on any atom is 0.237 e. The smallest absolute Gasteiger partial charge is 0.237 e. The maximum absolute atomic E-state index is 13.4. The van der Waals surface area contributed by atoms with Crippen LogP contribution < -0.4 is 0 Å². The molecular weight excluding hydrogens is 448 g/mol. The SMILES string of the molecule is O=C(CSc1nnc(-c2ccco2)n1Cc1ccccc1)N(Cc1ccco1)C1=CCCCC1. The van der Waals surface area contributed by atoms with Crippen molar-refractivity contribution in [1.29, 1.82) is 0 Å². The van der Waals surface area contributed by atoms with E-state index in [9.17, 15) is 4.79 Å². The number of rotatable bonds is 9. The predicted molar refractivity (Wildman–Crippen MR) is 130 cm³/mol. The fourth-order valence-corrected chi connectivity index (χ4v) is 4.88. The number of thioether (sulfide) groups is 1. The van der Waals surface area contributed by atoms with Crippen molar-refractivity contribution in [1.82, 2.24) is 19.7 Å². The Hall–Kier alpha value is -3.52. The number of nitrogens with zero attached hydrogens (tertiary/aromatic N) is 4. The van der Waals surface area contributed by atoms with Crippen molar-refractivity contribution in [3.05, 3.63) is 90.2 Å². The number of aromatic nitrogens is 3. The first-order valence-corrected chi connectivity index (χ1v) is 12.4. The molecule has 0 saturated heterocycles. The van der Waals surface area contributed by atoms with Crippen LogP contribution in [0.15, 0.2) is 92.9 Å². The highest BCUT2D eigenvalue weighted by atomic mass is 32.2. The number of amides is 1. The van der Waals surface area contributed by atoms with E-state index < -0.39 is 0 Å². The van der Waals surface area contributed by atoms with Gasteiger partial charge in [-0.3, -0.25) is 9.36 Å². The second kappa shape index (κ2) is 10.6. The molecule has 0 saturated carbocycles. The zero-order valence-electron chi connectivity index (χ0n) is 18.8. The third-order valence-electron chi connectivity index (χ3n) is 5.78. The molecule has 0 aliphatic heterocycles. The monoisotopic (exact) mass is 474 g/mol. The van der Waals surface area contributed by atoms with Gasteiger partial charge in [0.1, 0.15) is 5.76 Å². The molecule has 3 heterocycles. The van der Waals surface area contributed by atoms with E-state index >= 15 is 0 Å². The fraction of sp³-hybridized carbons (Fsp3) is 0.269. The Morgan fingerprint density at radius 3 is 2.59 bits per heavy atom. The van der Waals surface area contributed by atoms with Crippen LogP contribution in [0.4, 0.5) is 0 Å². The normalized spacial score (nSPS) is 13.6. The van der Waals surface area contributed by atoms with E-state index in [0.29, 0.717) is 29.8 Å². The van der Waals surface area contributed by atoms with Gasteiger partial charge in [0.25, 0.3) is 0 Å². The molecule has 0 N–H and O–H groups in total. The summed E-state index contributed by atoms with van der Waals surface area (Å²) < 4.78 is 13.1. The van der Waals surface area contributed by atoms with Crippen LogP contribution in [-0.4, -0.2) is 31.3 Å². The molecule has 34 heavy (non-hydrogen) atoms. The molecule has 174 valence electrons. The highest BCUT2D eigenvalue weighted by Crippen LogP contribution is 2.28. The van der Waals surface area contributed by atoms with Crippen LogP contribution in [0.1, 0.15) is 37.0 Å². The molecule has 1 amide bonds. The average Bonchev–Trinajstić information content (AvgIpc) is 3.65. The van der Waals surface area contributed by atoms with Crippen LogP contribution in [0.5, 0.6) is 0 Å². The number of carbonyl (C=O) groups excluding carboxylic acids is 1. The second-order valence-corrected chi connectivity index (χ2v) is 9.09. The first kappa shape index (κ1) is 22.3. The molecule has 1 aliphatic carbocycles. The number of allylic oxidation sites excluding steroid dienone is 2. The van der Waals surface area contributed by atoms with Crippen molar-refractivity contribution in [3.63, 3.8) is 0 Å². The largest absolute Gasteiger partial charge is 0.467 e. The molecular formula is C26H26N4O3S. The van der Waals surface area contributed by atoms with Crippen LogP contribution in [0.25, 0.3) is 11.6 Å². The molecule has 1 aliphatic rings. The van der Waals surface area contributed by atoms with Gasteiger partial charge >= 0.3 is 0 Å². The van der Waals surface area contributed by atoms with E-state index in [-0.39, 0.29) is 11.7 Å². The highest BCUT2D eigenvalue weighted by molar-refractivity contribution is 7.99. The van der Waals surface area contributed by atoms with E-state index in [2.05, 4.69) is 28.4 Å². The number of hydrogen-bond acceptors (Lipinski definition) is 6. The summed E-state index contributed by atoms with van der Waals surface area (Å²) in [5.41, 5.74) is 2.20. The van der Waals surface area contributed by atoms with Gasteiger partial charge in [-0.25, -0.2) is 0 Å². The Morgan fingerprint density at radius 2 is 1.85 bits per heavy atom. The summed E-state index contributed by atoms with van der Waals surface area (Å²) >= 11 is 1.40. The Balaban J connectivity index is 1.36. The summed E-state index contributed by atoms with van der Waals surface area (Å²) in [5, 5.41) is 9.45. The minimum Gasteiger partial charge on any atom is -0.467 e. The van der Waals surface area contributed by atoms with Gasteiger partial charge in [0.15, 0.2) is 10.9 Å². The van der Waals surface area contributed by atoms with Crippen molar-refractivity contribution < 1.29 is 13.6 Å². The van der Waals surface area contributed by atoms with Crippen LogP contribution >= 0.6 is 11.8 Å². The van der Waals surface area contributed by atoms with Crippen molar-refractivity contribution in [2.45, 2.75) is 43.9 Å². The van der Waals surface area contributed by atoms with Gasteiger partial charge in [-0.1, -0.05) is 48.2 Å². The molecule has 4 aromatic rings. The lowest BCUT2D eigenvalue weighted by Gasteiger charge is -2.27. The maximum atomic E-state index is 13.4. The third kappa shape index (κ3) is 5.17. The first-order chi connectivity index (χ1) is 16.8. The summed E-state index contributed by atoms with van der Waals surface area (Å²) in [5.74, 6) is 2.35. The second-order valence-electron chi connectivity index (χ2n) is 8.14. The van der Waals surface area contributed by atoms with E-state index in [1.807, 2.05) is 51.9 Å². The molecule has 3 aromatic heterocycles. The first-order valence-electron chi connectivity index (χ1n) is 11.4. The number of carbonyl (C=O) groups is 1. The van der Waals surface area contributed by atoms with Crippen LogP contribution in [0.3, 0.4) is 0 Å². The van der Waals surface area contributed by atoms with Crippen molar-refractivity contribution in [3.8, 4) is 11.6 Å². The molecule has 0 radical (unpaired) electrons. The number of benzene rings is 1. The summed E-state index contributed by atoms with van der Waals surface area (Å²) in [7, 11) is 0. The van der Waals surface area contributed by atoms with Crippen LogP contribution in [0, 0.1) is 0 Å². The number of furan rings is 2. The van der Waals surface area contributed by atoms with Crippen LogP contribution in [-0.2, 0) is 17.9 Å². The lowest BCUT2D eigenvalue weighted by molar-refractivity contribution is -0.127. The zero-order valence-corrected chi connectivity index (χ0v) is 19.6. The molecule has 5 rings (SSSR count). The van der Waals surface area contributed by atoms with E-state index in [0.717, 1.165) is 36.3 Å². The Bertz CT molecular complexity index is 1230. The van der Waals surface area contributed by atoms with Gasteiger partial charge in [0.2, 0.25) is 11.7 Å². The van der Waals surface area contributed by atoms with Gasteiger partial charge in [-0.05, 0) is 55.5 Å². The summed E-state index contributed by atoms with van der Waals surface area (Å²) in [6.45, 7) is 1.02. The quantitative estimate of drug-likeness (QED) is 0.287. The van der Waals surface area contributed by atoms with E-state index in [1.165, 1.54) is 18.2 Å². The van der Waals surface area contributed by atoms with Crippen molar-refractivity contribution in [2.24, 2.45) is 0 Å². The average molecular weight is 475 g/mol. The summed E-state index contributed by atoms with van der Waals surface area (Å²) in [4.78, 5) is 15.3. The standard InChI is InChI=1S/C26H26N4O3S/c31-24(29(18-22-13-7-15-32-22)21-11-5-2-6-12-21)19-34-26-28-27-25(23-14-8-16-33-23)30(26)17-20-9-3-1-4-10-20/h1,3-4,7-11,13-16H,2,5-6,12,17-19H2. The van der Waals surface area contributed by atoms with Gasteiger partial charge in [-0.2, -0.15) is 0 Å². The zero-order chi connectivity index (χ0) is 23.2. The van der Waals surface area contributed by atoms with Gasteiger partial charge in [0.05, 0.1) is 31.4 Å². The minimum absolute atomic E-state index is 0.0309. The molecule has 0 spiro atoms. The lowest BCUT2D eigenvalue weighted by Crippen LogP contribution is -2.32.